The van der Waals surface area contributed by atoms with Crippen LogP contribution in [0, 0.1) is 0 Å². The van der Waals surface area contributed by atoms with Crippen molar-refractivity contribution in [2.24, 2.45) is 0 Å². The topological polar surface area (TPSA) is 71.1 Å². The molecule has 146 valence electrons. The van der Waals surface area contributed by atoms with Crippen molar-refractivity contribution >= 4 is 40.0 Å². The molecule has 0 bridgehead atoms. The first-order valence-corrected chi connectivity index (χ1v) is 9.11. The number of nitrogens with zero attached hydrogens (tertiary/aromatic N) is 3. The second kappa shape index (κ2) is 7.18. The minimum absolute atomic E-state index is 0.0132. The Kier molecular flexibility index (Phi) is 4.84. The number of hydrogen-bond acceptors (Lipinski definition) is 4. The number of carbonyl (C=O) groups excluding carboxylic acids is 1. The molecule has 0 saturated carbocycles. The van der Waals surface area contributed by atoms with Gasteiger partial charge in [0, 0.05) is 41.7 Å². The minimum Gasteiger partial charge on any atom is -0.494 e. The van der Waals surface area contributed by atoms with Crippen molar-refractivity contribution in [2.45, 2.75) is 19.4 Å². The zero-order valence-electron chi connectivity index (χ0n) is 14.6. The van der Waals surface area contributed by atoms with Crippen LogP contribution in [0.5, 0.6) is 5.75 Å². The molecular weight excluding hydrogens is 413 g/mol. The molecule has 0 aliphatic carbocycles. The van der Waals surface area contributed by atoms with E-state index in [9.17, 15) is 13.6 Å². The molecule has 0 atom stereocenters. The highest BCUT2D eigenvalue weighted by molar-refractivity contribution is 6.45. The van der Waals surface area contributed by atoms with Crippen LogP contribution in [0.25, 0.3) is 10.9 Å². The number of aromatic nitrogens is 3. The van der Waals surface area contributed by atoms with Crippen LogP contribution >= 0.6 is 23.2 Å². The standard InChI is InChI=1S/C18H14Cl2F2N4O2/c1-28-8-5-23-17(24-6-8)18(27)26-3-2-12-10(7-26)13-9(16(21)22)4-11(19)14(20)15(13)25-12/h4-6,16,25H,2-3,7H2,1H3. The summed E-state index contributed by atoms with van der Waals surface area (Å²) >= 11 is 12.2. The number of fused-ring (bicyclic) bond motifs is 3. The van der Waals surface area contributed by atoms with E-state index < -0.39 is 6.43 Å². The number of ether oxygens (including phenoxy) is 1. The SMILES string of the molecule is COc1cnc(C(=O)N2CCc3[nH]c4c(Cl)c(Cl)cc(C(F)F)c4c3C2)nc1. The van der Waals surface area contributed by atoms with Gasteiger partial charge in [0.25, 0.3) is 12.3 Å². The number of amides is 1. The number of halogens is 4. The zero-order chi connectivity index (χ0) is 20.0. The summed E-state index contributed by atoms with van der Waals surface area (Å²) in [6, 6.07) is 1.18. The summed E-state index contributed by atoms with van der Waals surface area (Å²) in [5.74, 6) is 0.0581. The Balaban J connectivity index is 1.74. The first kappa shape index (κ1) is 18.9. The van der Waals surface area contributed by atoms with Crippen LogP contribution in [0.4, 0.5) is 8.78 Å². The Morgan fingerprint density at radius 2 is 2.04 bits per heavy atom. The van der Waals surface area contributed by atoms with Crippen molar-refractivity contribution in [2.75, 3.05) is 13.7 Å². The lowest BCUT2D eigenvalue weighted by Gasteiger charge is -2.27. The van der Waals surface area contributed by atoms with Crippen LogP contribution in [-0.4, -0.2) is 39.4 Å². The molecule has 0 radical (unpaired) electrons. The molecule has 0 saturated heterocycles. The largest absolute Gasteiger partial charge is 0.494 e. The van der Waals surface area contributed by atoms with E-state index in [0.717, 1.165) is 5.69 Å². The first-order valence-electron chi connectivity index (χ1n) is 8.35. The Morgan fingerprint density at radius 1 is 1.32 bits per heavy atom. The molecule has 1 amide bonds. The lowest BCUT2D eigenvalue weighted by atomic mass is 10.0. The van der Waals surface area contributed by atoms with Gasteiger partial charge < -0.3 is 14.6 Å². The van der Waals surface area contributed by atoms with Crippen molar-refractivity contribution in [1.82, 2.24) is 19.9 Å². The molecule has 3 aromatic rings. The predicted molar refractivity (Wildman–Crippen MR) is 100 cm³/mol. The molecule has 1 N–H and O–H groups in total. The Morgan fingerprint density at radius 3 is 2.68 bits per heavy atom. The van der Waals surface area contributed by atoms with Crippen LogP contribution in [-0.2, 0) is 13.0 Å². The number of hydrogen-bond donors (Lipinski definition) is 1. The molecule has 3 heterocycles. The Hall–Kier alpha value is -2.45. The molecule has 0 unspecified atom stereocenters. The third kappa shape index (κ3) is 3.06. The monoisotopic (exact) mass is 426 g/mol. The van der Waals surface area contributed by atoms with E-state index in [0.29, 0.717) is 35.2 Å². The van der Waals surface area contributed by atoms with Gasteiger partial charge in [-0.1, -0.05) is 23.2 Å². The summed E-state index contributed by atoms with van der Waals surface area (Å²) in [7, 11) is 1.47. The van der Waals surface area contributed by atoms with Gasteiger partial charge in [-0.25, -0.2) is 18.7 Å². The average Bonchev–Trinajstić information content (AvgIpc) is 3.09. The lowest BCUT2D eigenvalue weighted by molar-refractivity contribution is 0.0722. The van der Waals surface area contributed by atoms with Crippen molar-refractivity contribution < 1.29 is 18.3 Å². The van der Waals surface area contributed by atoms with Crippen LogP contribution in [0.1, 0.15) is 33.9 Å². The number of benzene rings is 1. The first-order chi connectivity index (χ1) is 13.4. The predicted octanol–water partition coefficient (Wildman–Crippen LogP) is 4.41. The maximum Gasteiger partial charge on any atom is 0.291 e. The van der Waals surface area contributed by atoms with E-state index >= 15 is 0 Å². The number of alkyl halides is 2. The van der Waals surface area contributed by atoms with Gasteiger partial charge in [-0.15, -0.1) is 0 Å². The fourth-order valence-corrected chi connectivity index (χ4v) is 3.80. The fourth-order valence-electron chi connectivity index (χ4n) is 3.39. The number of aromatic amines is 1. The number of methoxy groups -OCH3 is 1. The van der Waals surface area contributed by atoms with Crippen molar-refractivity contribution in [3.8, 4) is 5.75 Å². The van der Waals surface area contributed by atoms with Crippen molar-refractivity contribution in [1.29, 1.82) is 0 Å². The van der Waals surface area contributed by atoms with Gasteiger partial charge in [-0.05, 0) is 6.07 Å². The van der Waals surface area contributed by atoms with Gasteiger partial charge in [-0.2, -0.15) is 0 Å². The van der Waals surface area contributed by atoms with E-state index in [1.165, 1.54) is 30.5 Å². The summed E-state index contributed by atoms with van der Waals surface area (Å²) in [6.07, 6.45) is 0.534. The molecular formula is C18H14Cl2F2N4O2. The van der Waals surface area contributed by atoms with Crippen LogP contribution < -0.4 is 4.74 Å². The fraction of sp³-hybridized carbons (Fsp3) is 0.278. The van der Waals surface area contributed by atoms with E-state index in [1.807, 2.05) is 0 Å². The molecule has 1 aliphatic heterocycles. The van der Waals surface area contributed by atoms with Gasteiger partial charge in [0.1, 0.15) is 0 Å². The molecule has 1 aromatic carbocycles. The third-order valence-electron chi connectivity index (χ3n) is 4.75. The maximum absolute atomic E-state index is 13.6. The Bertz CT molecular complexity index is 1070. The number of rotatable bonds is 3. The van der Waals surface area contributed by atoms with Crippen molar-refractivity contribution in [3.63, 3.8) is 0 Å². The number of carbonyl (C=O) groups is 1. The molecule has 6 nitrogen and oxygen atoms in total. The second-order valence-corrected chi connectivity index (χ2v) is 7.10. The van der Waals surface area contributed by atoms with Crippen LogP contribution in [0.2, 0.25) is 10.0 Å². The average molecular weight is 427 g/mol. The highest BCUT2D eigenvalue weighted by atomic mass is 35.5. The molecule has 10 heteroatoms. The van der Waals surface area contributed by atoms with E-state index in [2.05, 4.69) is 15.0 Å². The molecule has 28 heavy (non-hydrogen) atoms. The highest BCUT2D eigenvalue weighted by Gasteiger charge is 2.29. The smallest absolute Gasteiger partial charge is 0.291 e. The lowest BCUT2D eigenvalue weighted by Crippen LogP contribution is -2.36. The van der Waals surface area contributed by atoms with Gasteiger partial charge in [-0.3, -0.25) is 4.79 Å². The molecule has 4 rings (SSSR count). The van der Waals surface area contributed by atoms with Gasteiger partial charge in [0.2, 0.25) is 5.82 Å². The van der Waals surface area contributed by atoms with Crippen LogP contribution in [0.15, 0.2) is 18.5 Å². The summed E-state index contributed by atoms with van der Waals surface area (Å²) in [4.78, 5) is 25.4. The van der Waals surface area contributed by atoms with E-state index in [-0.39, 0.29) is 33.9 Å². The normalized spacial score (nSPS) is 13.9. The molecule has 0 spiro atoms. The third-order valence-corrected chi connectivity index (χ3v) is 5.54. The van der Waals surface area contributed by atoms with Crippen molar-refractivity contribution in [3.05, 3.63) is 51.2 Å². The zero-order valence-corrected chi connectivity index (χ0v) is 16.1. The maximum atomic E-state index is 13.6. The quantitative estimate of drug-likeness (QED) is 0.673. The number of nitrogens with one attached hydrogen (secondary N) is 1. The minimum atomic E-state index is -2.73. The summed E-state index contributed by atoms with van der Waals surface area (Å²) in [5, 5.41) is 0.557. The molecule has 1 aliphatic rings. The van der Waals surface area contributed by atoms with Gasteiger partial charge in [0.05, 0.1) is 35.1 Å². The molecule has 2 aromatic heterocycles. The summed E-state index contributed by atoms with van der Waals surface area (Å²) in [5.41, 5.74) is 1.53. The number of H-pyrrole nitrogens is 1. The van der Waals surface area contributed by atoms with E-state index in [4.69, 9.17) is 27.9 Å². The van der Waals surface area contributed by atoms with Crippen LogP contribution in [0.3, 0.4) is 0 Å². The van der Waals surface area contributed by atoms with E-state index in [1.54, 1.807) is 0 Å². The van der Waals surface area contributed by atoms with Gasteiger partial charge >= 0.3 is 0 Å². The highest BCUT2D eigenvalue weighted by Crippen LogP contribution is 2.41. The second-order valence-electron chi connectivity index (χ2n) is 6.32. The summed E-state index contributed by atoms with van der Waals surface area (Å²) in [6.45, 7) is 0.532. The Labute approximate surface area is 168 Å². The van der Waals surface area contributed by atoms with Gasteiger partial charge in [0.15, 0.2) is 5.75 Å². The molecule has 0 fully saturated rings. The summed E-state index contributed by atoms with van der Waals surface area (Å²) < 4.78 is 32.2.